The average molecular weight is 457 g/mol. The molecule has 0 bridgehead atoms. The molecule has 1 fully saturated rings. The predicted molar refractivity (Wildman–Crippen MR) is 122 cm³/mol. The average Bonchev–Trinajstić information content (AvgIpc) is 3.27. The van der Waals surface area contributed by atoms with Gasteiger partial charge < -0.3 is 4.90 Å². The highest BCUT2D eigenvalue weighted by Crippen LogP contribution is 2.33. The van der Waals surface area contributed by atoms with Crippen molar-refractivity contribution in [1.29, 1.82) is 0 Å². The second-order valence-electron chi connectivity index (χ2n) is 8.41. The van der Waals surface area contributed by atoms with Crippen LogP contribution in [0, 0.1) is 5.92 Å². The van der Waals surface area contributed by atoms with E-state index in [1.165, 1.54) is 6.20 Å². The van der Waals surface area contributed by atoms with E-state index in [0.717, 1.165) is 24.8 Å². The van der Waals surface area contributed by atoms with Gasteiger partial charge in [0.05, 0.1) is 20.9 Å². The molecule has 1 amide bonds. The molecule has 0 saturated carbocycles. The maximum Gasteiger partial charge on any atom is 0.256 e. The Bertz CT molecular complexity index is 1230. The number of fused-ring (bicyclic) bond motifs is 1. The lowest BCUT2D eigenvalue weighted by molar-refractivity contribution is 0.0789. The van der Waals surface area contributed by atoms with Crippen molar-refractivity contribution in [2.45, 2.75) is 42.9 Å². The van der Waals surface area contributed by atoms with Gasteiger partial charge in [0.15, 0.2) is 0 Å². The topological polar surface area (TPSA) is 67.3 Å². The summed E-state index contributed by atoms with van der Waals surface area (Å²) in [5.41, 5.74) is 1.66. The lowest BCUT2D eigenvalue weighted by Crippen LogP contribution is -2.29. The van der Waals surface area contributed by atoms with Crippen molar-refractivity contribution >= 4 is 38.2 Å². The number of carbonyl (C=O) groups is 1. The van der Waals surface area contributed by atoms with Crippen LogP contribution in [0.4, 0.5) is 0 Å². The van der Waals surface area contributed by atoms with E-state index >= 15 is 0 Å². The fourth-order valence-electron chi connectivity index (χ4n) is 4.07. The molecule has 7 heteroatoms. The smallest absolute Gasteiger partial charge is 0.256 e. The van der Waals surface area contributed by atoms with E-state index in [9.17, 15) is 13.2 Å². The van der Waals surface area contributed by atoms with Crippen molar-refractivity contribution in [3.63, 3.8) is 0 Å². The number of hydrogen-bond donors (Lipinski definition) is 0. The molecule has 2 heterocycles. The Morgan fingerprint density at radius 3 is 2.42 bits per heavy atom. The van der Waals surface area contributed by atoms with E-state index in [4.69, 9.17) is 11.6 Å². The summed E-state index contributed by atoms with van der Waals surface area (Å²) in [4.78, 5) is 19.4. The van der Waals surface area contributed by atoms with Crippen LogP contribution in [0.15, 0.2) is 58.5 Å². The molecule has 0 spiro atoms. The first-order valence-corrected chi connectivity index (χ1v) is 12.3. The maximum atomic E-state index is 13.8. The number of nitrogens with zero attached hydrogens (tertiary/aromatic N) is 2. The minimum Gasteiger partial charge on any atom is -0.339 e. The summed E-state index contributed by atoms with van der Waals surface area (Å²) in [5.74, 6) is 0.167. The van der Waals surface area contributed by atoms with Gasteiger partial charge in [-0.25, -0.2) is 8.42 Å². The second kappa shape index (κ2) is 8.60. The number of pyridine rings is 1. The Morgan fingerprint density at radius 2 is 1.77 bits per heavy atom. The number of sulfone groups is 1. The zero-order chi connectivity index (χ0) is 22.2. The van der Waals surface area contributed by atoms with E-state index in [2.05, 4.69) is 18.8 Å². The van der Waals surface area contributed by atoms with E-state index in [1.807, 2.05) is 12.1 Å². The number of rotatable bonds is 5. The lowest BCUT2D eigenvalue weighted by Gasteiger charge is -2.19. The minimum absolute atomic E-state index is 0.0199. The van der Waals surface area contributed by atoms with Gasteiger partial charge in [-0.2, -0.15) is 0 Å². The van der Waals surface area contributed by atoms with Crippen molar-refractivity contribution in [3.05, 3.63) is 64.8 Å². The van der Waals surface area contributed by atoms with Gasteiger partial charge in [-0.1, -0.05) is 37.6 Å². The monoisotopic (exact) mass is 456 g/mol. The second-order valence-corrected chi connectivity index (χ2v) is 10.7. The number of benzene rings is 2. The van der Waals surface area contributed by atoms with Gasteiger partial charge in [0.1, 0.15) is 0 Å². The van der Waals surface area contributed by atoms with Gasteiger partial charge in [-0.3, -0.25) is 9.78 Å². The standard InChI is InChI=1S/C24H25ClN2O3S/c1-16(2)13-17-5-8-19(9-6-17)31(29,30)23-20-14-18(25)7-10-22(20)26-15-21(23)24(28)27-11-3-4-12-27/h5-10,14-16H,3-4,11-13H2,1-2H3. The van der Waals surface area contributed by atoms with Crippen molar-refractivity contribution in [2.24, 2.45) is 5.92 Å². The molecule has 0 aliphatic carbocycles. The van der Waals surface area contributed by atoms with Gasteiger partial charge in [0.25, 0.3) is 5.91 Å². The fraction of sp³-hybridized carbons (Fsp3) is 0.333. The highest BCUT2D eigenvalue weighted by Gasteiger charge is 2.31. The molecular weight excluding hydrogens is 432 g/mol. The number of amides is 1. The Balaban J connectivity index is 1.90. The van der Waals surface area contributed by atoms with Gasteiger partial charge in [0, 0.05) is 29.7 Å². The Kier molecular flexibility index (Phi) is 6.04. The molecule has 2 aromatic carbocycles. The molecule has 0 N–H and O–H groups in total. The summed E-state index contributed by atoms with van der Waals surface area (Å²) >= 11 is 6.20. The first-order chi connectivity index (χ1) is 14.8. The maximum absolute atomic E-state index is 13.8. The summed E-state index contributed by atoms with van der Waals surface area (Å²) in [6.45, 7) is 5.48. The van der Waals surface area contributed by atoms with E-state index in [0.29, 0.717) is 34.9 Å². The number of halogens is 1. The molecule has 162 valence electrons. The normalized spacial score (nSPS) is 14.5. The molecule has 0 atom stereocenters. The third-order valence-electron chi connectivity index (χ3n) is 5.55. The van der Waals surface area contributed by atoms with Crippen LogP contribution in [-0.2, 0) is 16.3 Å². The fourth-order valence-corrected chi connectivity index (χ4v) is 5.85. The van der Waals surface area contributed by atoms with Crippen molar-refractivity contribution < 1.29 is 13.2 Å². The van der Waals surface area contributed by atoms with Crippen LogP contribution in [0.1, 0.15) is 42.6 Å². The largest absolute Gasteiger partial charge is 0.339 e. The summed E-state index contributed by atoms with van der Waals surface area (Å²) in [5, 5.41) is 0.757. The van der Waals surface area contributed by atoms with E-state index in [1.54, 1.807) is 35.2 Å². The molecule has 5 nitrogen and oxygen atoms in total. The molecule has 4 rings (SSSR count). The molecule has 1 saturated heterocycles. The summed E-state index contributed by atoms with van der Waals surface area (Å²) in [6, 6.07) is 11.8. The van der Waals surface area contributed by atoms with Crippen molar-refractivity contribution in [1.82, 2.24) is 9.88 Å². The predicted octanol–water partition coefficient (Wildman–Crippen LogP) is 5.16. The molecule has 1 aliphatic rings. The summed E-state index contributed by atoms with van der Waals surface area (Å²) in [7, 11) is -3.98. The Hall–Kier alpha value is -2.44. The molecule has 0 radical (unpaired) electrons. The molecular formula is C24H25ClN2O3S. The Morgan fingerprint density at radius 1 is 1.10 bits per heavy atom. The number of carbonyl (C=O) groups excluding carboxylic acids is 1. The van der Waals surface area contributed by atoms with Crippen molar-refractivity contribution in [3.8, 4) is 0 Å². The lowest BCUT2D eigenvalue weighted by atomic mass is 10.0. The van der Waals surface area contributed by atoms with Crippen LogP contribution in [0.5, 0.6) is 0 Å². The zero-order valence-electron chi connectivity index (χ0n) is 17.6. The van der Waals surface area contributed by atoms with Crippen LogP contribution >= 0.6 is 11.6 Å². The third-order valence-corrected chi connectivity index (χ3v) is 7.66. The molecule has 0 unspecified atom stereocenters. The van der Waals surface area contributed by atoms with Crippen LogP contribution in [-0.4, -0.2) is 37.3 Å². The Labute approximate surface area is 188 Å². The van der Waals surface area contributed by atoms with Gasteiger partial charge in [-0.15, -0.1) is 0 Å². The molecule has 3 aromatic rings. The molecule has 1 aliphatic heterocycles. The highest BCUT2D eigenvalue weighted by atomic mass is 35.5. The number of likely N-dealkylation sites (tertiary alicyclic amines) is 1. The van der Waals surface area contributed by atoms with E-state index < -0.39 is 9.84 Å². The molecule has 31 heavy (non-hydrogen) atoms. The SMILES string of the molecule is CC(C)Cc1ccc(S(=O)(=O)c2c(C(=O)N3CCCC3)cnc3ccc(Cl)cc23)cc1. The minimum atomic E-state index is -3.98. The quantitative estimate of drug-likeness (QED) is 0.532. The zero-order valence-corrected chi connectivity index (χ0v) is 19.2. The first-order valence-electron chi connectivity index (χ1n) is 10.5. The highest BCUT2D eigenvalue weighted by molar-refractivity contribution is 7.91. The van der Waals surface area contributed by atoms with Crippen molar-refractivity contribution in [2.75, 3.05) is 13.1 Å². The number of aromatic nitrogens is 1. The van der Waals surface area contributed by atoms with Crippen LogP contribution in [0.3, 0.4) is 0 Å². The molecule has 1 aromatic heterocycles. The van der Waals surface area contributed by atoms with Crippen LogP contribution in [0.25, 0.3) is 10.9 Å². The summed E-state index contributed by atoms with van der Waals surface area (Å²) in [6.07, 6.45) is 4.08. The van der Waals surface area contributed by atoms with Crippen LogP contribution in [0.2, 0.25) is 5.02 Å². The van der Waals surface area contributed by atoms with E-state index in [-0.39, 0.29) is 21.3 Å². The number of hydrogen-bond acceptors (Lipinski definition) is 4. The van der Waals surface area contributed by atoms with Gasteiger partial charge in [0.2, 0.25) is 9.84 Å². The first kappa shape index (κ1) is 21.8. The third kappa shape index (κ3) is 4.32. The van der Waals surface area contributed by atoms with Gasteiger partial charge >= 0.3 is 0 Å². The van der Waals surface area contributed by atoms with Crippen LogP contribution < -0.4 is 0 Å². The summed E-state index contributed by atoms with van der Waals surface area (Å²) < 4.78 is 27.6. The van der Waals surface area contributed by atoms with Gasteiger partial charge in [-0.05, 0) is 61.1 Å².